The van der Waals surface area contributed by atoms with Gasteiger partial charge in [0.15, 0.2) is 11.0 Å². The number of benzene rings is 2. The largest absolute Gasteiger partial charge is 0.416 e. The Kier molecular flexibility index (Phi) is 7.60. The van der Waals surface area contributed by atoms with E-state index < -0.39 is 17.8 Å². The lowest BCUT2D eigenvalue weighted by Crippen LogP contribution is -2.18. The quantitative estimate of drug-likeness (QED) is 0.377. The Morgan fingerprint density at radius 2 is 1.79 bits per heavy atom. The maximum atomic E-state index is 13.0. The SMILES string of the molecule is O[C@H](CSc1nnc(CNc2cccc(C(F)(F)F)c2)n1C1CCCCC1)c1ccccc1. The summed E-state index contributed by atoms with van der Waals surface area (Å²) < 4.78 is 41.2. The van der Waals surface area contributed by atoms with Crippen LogP contribution in [0.5, 0.6) is 0 Å². The van der Waals surface area contributed by atoms with E-state index in [1.807, 2.05) is 30.3 Å². The fourth-order valence-corrected chi connectivity index (χ4v) is 5.14. The Balaban J connectivity index is 1.50. The van der Waals surface area contributed by atoms with Crippen molar-refractivity contribution in [3.05, 3.63) is 71.5 Å². The Morgan fingerprint density at radius 1 is 1.03 bits per heavy atom. The predicted octanol–water partition coefficient (Wildman–Crippen LogP) is 6.24. The molecular formula is C24H27F3N4OS. The number of halogens is 3. The zero-order valence-corrected chi connectivity index (χ0v) is 18.9. The molecule has 1 atom stereocenters. The summed E-state index contributed by atoms with van der Waals surface area (Å²) in [5, 5.41) is 23.1. The van der Waals surface area contributed by atoms with E-state index in [0.29, 0.717) is 17.3 Å². The van der Waals surface area contributed by atoms with Crippen LogP contribution in [-0.2, 0) is 12.7 Å². The molecule has 0 spiro atoms. The number of hydrogen-bond acceptors (Lipinski definition) is 5. The van der Waals surface area contributed by atoms with Crippen molar-refractivity contribution in [3.63, 3.8) is 0 Å². The van der Waals surface area contributed by atoms with Crippen LogP contribution in [0.4, 0.5) is 18.9 Å². The number of aliphatic hydroxyl groups is 1. The van der Waals surface area contributed by atoms with E-state index in [1.165, 1.54) is 24.2 Å². The lowest BCUT2D eigenvalue weighted by Gasteiger charge is -2.26. The third-order valence-electron chi connectivity index (χ3n) is 5.87. The van der Waals surface area contributed by atoms with Gasteiger partial charge in [-0.15, -0.1) is 10.2 Å². The van der Waals surface area contributed by atoms with E-state index in [-0.39, 0.29) is 12.6 Å². The van der Waals surface area contributed by atoms with Crippen LogP contribution < -0.4 is 5.32 Å². The first-order valence-corrected chi connectivity index (χ1v) is 12.1. The molecule has 2 N–H and O–H groups in total. The molecule has 1 saturated carbocycles. The molecule has 33 heavy (non-hydrogen) atoms. The summed E-state index contributed by atoms with van der Waals surface area (Å²) in [5.41, 5.74) is 0.546. The summed E-state index contributed by atoms with van der Waals surface area (Å²) in [5.74, 6) is 1.13. The zero-order valence-electron chi connectivity index (χ0n) is 18.1. The second-order valence-corrected chi connectivity index (χ2v) is 9.22. The van der Waals surface area contributed by atoms with Gasteiger partial charge in [0.05, 0.1) is 18.2 Å². The molecule has 0 aliphatic heterocycles. The third-order valence-corrected chi connectivity index (χ3v) is 6.89. The van der Waals surface area contributed by atoms with Crippen molar-refractivity contribution in [2.24, 2.45) is 0 Å². The van der Waals surface area contributed by atoms with Gasteiger partial charge in [0.1, 0.15) is 0 Å². The second kappa shape index (κ2) is 10.6. The van der Waals surface area contributed by atoms with E-state index in [2.05, 4.69) is 20.1 Å². The van der Waals surface area contributed by atoms with Crippen molar-refractivity contribution in [2.45, 2.75) is 62.1 Å². The molecule has 1 aliphatic rings. The van der Waals surface area contributed by atoms with Gasteiger partial charge in [-0.1, -0.05) is 67.4 Å². The van der Waals surface area contributed by atoms with Crippen molar-refractivity contribution in [2.75, 3.05) is 11.1 Å². The summed E-state index contributed by atoms with van der Waals surface area (Å²) in [6, 6.07) is 14.9. The summed E-state index contributed by atoms with van der Waals surface area (Å²) in [6.07, 6.45) is 0.473. The van der Waals surface area contributed by atoms with Crippen molar-refractivity contribution in [1.29, 1.82) is 0 Å². The minimum Gasteiger partial charge on any atom is -0.388 e. The normalized spacial score (nSPS) is 16.0. The number of thioether (sulfide) groups is 1. The monoisotopic (exact) mass is 476 g/mol. The molecule has 176 valence electrons. The van der Waals surface area contributed by atoms with E-state index in [9.17, 15) is 18.3 Å². The molecule has 9 heteroatoms. The topological polar surface area (TPSA) is 63.0 Å². The zero-order chi connectivity index (χ0) is 23.3. The molecule has 2 aromatic carbocycles. The number of rotatable bonds is 8. The maximum absolute atomic E-state index is 13.0. The second-order valence-electron chi connectivity index (χ2n) is 8.23. The lowest BCUT2D eigenvalue weighted by atomic mass is 9.95. The van der Waals surface area contributed by atoms with Crippen LogP contribution in [0, 0.1) is 0 Å². The number of alkyl halides is 3. The molecule has 1 fully saturated rings. The highest BCUT2D eigenvalue weighted by Gasteiger charge is 2.30. The highest BCUT2D eigenvalue weighted by molar-refractivity contribution is 7.99. The molecule has 0 unspecified atom stereocenters. The van der Waals surface area contributed by atoms with Crippen LogP contribution in [0.25, 0.3) is 0 Å². The molecule has 4 rings (SSSR count). The molecule has 3 aromatic rings. The van der Waals surface area contributed by atoms with Crippen LogP contribution in [0.2, 0.25) is 0 Å². The third kappa shape index (κ3) is 6.09. The first-order valence-electron chi connectivity index (χ1n) is 11.1. The van der Waals surface area contributed by atoms with Crippen molar-refractivity contribution < 1.29 is 18.3 Å². The smallest absolute Gasteiger partial charge is 0.388 e. The molecule has 0 bridgehead atoms. The molecule has 1 aliphatic carbocycles. The summed E-state index contributed by atoms with van der Waals surface area (Å²) >= 11 is 1.45. The highest BCUT2D eigenvalue weighted by Crippen LogP contribution is 2.34. The average Bonchev–Trinajstić information content (AvgIpc) is 3.25. The number of aliphatic hydroxyl groups excluding tert-OH is 1. The maximum Gasteiger partial charge on any atom is 0.416 e. The van der Waals surface area contributed by atoms with Crippen molar-refractivity contribution >= 4 is 17.4 Å². The molecule has 0 amide bonds. The summed E-state index contributed by atoms with van der Waals surface area (Å²) in [6.45, 7) is 0.270. The van der Waals surface area contributed by atoms with Gasteiger partial charge in [-0.2, -0.15) is 13.2 Å². The molecule has 1 aromatic heterocycles. The Morgan fingerprint density at radius 3 is 2.52 bits per heavy atom. The van der Waals surface area contributed by atoms with Gasteiger partial charge in [-0.3, -0.25) is 0 Å². The molecule has 0 radical (unpaired) electrons. The minimum absolute atomic E-state index is 0.253. The summed E-state index contributed by atoms with van der Waals surface area (Å²) in [4.78, 5) is 0. The Hall–Kier alpha value is -2.52. The van der Waals surface area contributed by atoms with Crippen LogP contribution in [0.3, 0.4) is 0 Å². The van der Waals surface area contributed by atoms with Crippen LogP contribution >= 0.6 is 11.8 Å². The van der Waals surface area contributed by atoms with E-state index in [1.54, 1.807) is 6.07 Å². The van der Waals surface area contributed by atoms with Crippen LogP contribution in [0.1, 0.15) is 61.2 Å². The molecule has 1 heterocycles. The van der Waals surface area contributed by atoms with Gasteiger partial charge in [-0.25, -0.2) is 0 Å². The first kappa shape index (κ1) is 23.6. The fourth-order valence-electron chi connectivity index (χ4n) is 4.14. The van der Waals surface area contributed by atoms with Gasteiger partial charge in [0.25, 0.3) is 0 Å². The van der Waals surface area contributed by atoms with Gasteiger partial charge in [0, 0.05) is 17.5 Å². The van der Waals surface area contributed by atoms with Gasteiger partial charge in [0.2, 0.25) is 0 Å². The Labute approximate surface area is 195 Å². The van der Waals surface area contributed by atoms with Crippen LogP contribution in [0.15, 0.2) is 59.8 Å². The highest BCUT2D eigenvalue weighted by atomic mass is 32.2. The lowest BCUT2D eigenvalue weighted by molar-refractivity contribution is -0.137. The first-order chi connectivity index (χ1) is 15.9. The number of anilines is 1. The van der Waals surface area contributed by atoms with E-state index in [4.69, 9.17) is 0 Å². The van der Waals surface area contributed by atoms with Crippen molar-refractivity contribution in [3.8, 4) is 0 Å². The van der Waals surface area contributed by atoms with Gasteiger partial charge >= 0.3 is 6.18 Å². The molecular weight excluding hydrogens is 449 g/mol. The van der Waals surface area contributed by atoms with Crippen LogP contribution in [-0.4, -0.2) is 25.6 Å². The fraction of sp³-hybridized carbons (Fsp3) is 0.417. The predicted molar refractivity (Wildman–Crippen MR) is 123 cm³/mol. The summed E-state index contributed by atoms with van der Waals surface area (Å²) in [7, 11) is 0. The average molecular weight is 477 g/mol. The number of hydrogen-bond donors (Lipinski definition) is 2. The standard InChI is InChI=1S/C24H27F3N4OS/c25-24(26,27)18-10-7-11-19(14-18)28-15-22-29-30-23(31(22)20-12-5-2-6-13-20)33-16-21(32)17-8-3-1-4-9-17/h1,3-4,7-11,14,20-21,28,32H,2,5-6,12-13,15-16H2/t21-/m1/s1. The molecule has 5 nitrogen and oxygen atoms in total. The Bertz CT molecular complexity index is 1040. The molecule has 0 saturated heterocycles. The van der Waals surface area contributed by atoms with Crippen molar-refractivity contribution in [1.82, 2.24) is 14.8 Å². The van der Waals surface area contributed by atoms with Gasteiger partial charge in [-0.05, 0) is 36.6 Å². The van der Waals surface area contributed by atoms with E-state index >= 15 is 0 Å². The number of nitrogens with one attached hydrogen (secondary N) is 1. The van der Waals surface area contributed by atoms with Gasteiger partial charge < -0.3 is 15.0 Å². The number of aromatic nitrogens is 3. The number of nitrogens with zero attached hydrogens (tertiary/aromatic N) is 3. The van der Waals surface area contributed by atoms with E-state index in [0.717, 1.165) is 48.5 Å². The minimum atomic E-state index is -4.39.